The molecule has 1 atom stereocenters. The summed E-state index contributed by atoms with van der Waals surface area (Å²) >= 11 is 0. The third kappa shape index (κ3) is 3.41. The molecule has 0 radical (unpaired) electrons. The summed E-state index contributed by atoms with van der Waals surface area (Å²) in [5.74, 6) is 4.42. The molecular formula is C16H28N4. The molecule has 1 heterocycles. The third-order valence-electron chi connectivity index (χ3n) is 4.07. The molecule has 0 bridgehead atoms. The Morgan fingerprint density at radius 1 is 1.20 bits per heavy atom. The Kier molecular flexibility index (Phi) is 4.21. The average Bonchev–Trinajstić information content (AvgIpc) is 3.20. The molecule has 0 amide bonds. The zero-order chi connectivity index (χ0) is 14.9. The second kappa shape index (κ2) is 5.58. The number of hydrogen-bond acceptors (Lipinski definition) is 4. The van der Waals surface area contributed by atoms with E-state index in [1.165, 1.54) is 12.8 Å². The molecule has 1 aromatic heterocycles. The molecular weight excluding hydrogens is 248 g/mol. The van der Waals surface area contributed by atoms with Gasteiger partial charge in [-0.15, -0.1) is 0 Å². The van der Waals surface area contributed by atoms with Gasteiger partial charge in [-0.2, -0.15) is 0 Å². The lowest BCUT2D eigenvalue weighted by atomic mass is 9.95. The summed E-state index contributed by atoms with van der Waals surface area (Å²) in [5.41, 5.74) is 1.06. The molecule has 112 valence electrons. The van der Waals surface area contributed by atoms with E-state index in [0.717, 1.165) is 41.4 Å². The van der Waals surface area contributed by atoms with Crippen molar-refractivity contribution in [2.45, 2.75) is 52.9 Å². The summed E-state index contributed by atoms with van der Waals surface area (Å²) in [7, 11) is 1.92. The van der Waals surface area contributed by atoms with Crippen LogP contribution in [0.2, 0.25) is 0 Å². The zero-order valence-electron chi connectivity index (χ0n) is 13.7. The van der Waals surface area contributed by atoms with E-state index in [0.29, 0.717) is 0 Å². The quantitative estimate of drug-likeness (QED) is 0.863. The van der Waals surface area contributed by atoms with E-state index in [2.05, 4.69) is 50.2 Å². The standard InChI is InChI=1S/C16H28N4/c1-10(12-7-8-12)9-18-14-11(2)13(17-6)19-15(20-14)16(3,4)5/h10,12H,7-9H2,1-6H3,(H2,17,18,19,20). The van der Waals surface area contributed by atoms with Gasteiger partial charge in [-0.1, -0.05) is 27.7 Å². The van der Waals surface area contributed by atoms with Crippen LogP contribution in [-0.2, 0) is 5.41 Å². The van der Waals surface area contributed by atoms with Crippen LogP contribution in [0.25, 0.3) is 0 Å². The highest BCUT2D eigenvalue weighted by molar-refractivity contribution is 5.57. The highest BCUT2D eigenvalue weighted by atomic mass is 15.1. The van der Waals surface area contributed by atoms with Crippen molar-refractivity contribution in [2.24, 2.45) is 11.8 Å². The Labute approximate surface area is 122 Å². The van der Waals surface area contributed by atoms with Crippen molar-refractivity contribution in [3.63, 3.8) is 0 Å². The van der Waals surface area contributed by atoms with Gasteiger partial charge in [0.15, 0.2) is 0 Å². The Bertz CT molecular complexity index is 472. The molecule has 0 aliphatic heterocycles. The first-order valence-electron chi connectivity index (χ1n) is 7.63. The van der Waals surface area contributed by atoms with E-state index < -0.39 is 0 Å². The fourth-order valence-corrected chi connectivity index (χ4v) is 2.36. The van der Waals surface area contributed by atoms with Gasteiger partial charge in [0.1, 0.15) is 17.5 Å². The number of hydrogen-bond donors (Lipinski definition) is 2. The molecule has 4 heteroatoms. The van der Waals surface area contributed by atoms with Crippen LogP contribution >= 0.6 is 0 Å². The molecule has 2 N–H and O–H groups in total. The molecule has 4 nitrogen and oxygen atoms in total. The van der Waals surface area contributed by atoms with Crippen LogP contribution in [0.15, 0.2) is 0 Å². The molecule has 1 unspecified atom stereocenters. The van der Waals surface area contributed by atoms with Gasteiger partial charge in [-0.3, -0.25) is 0 Å². The molecule has 1 aliphatic carbocycles. The first kappa shape index (κ1) is 15.1. The van der Waals surface area contributed by atoms with Crippen molar-refractivity contribution >= 4 is 11.6 Å². The molecule has 2 rings (SSSR count). The number of anilines is 2. The lowest BCUT2D eigenvalue weighted by molar-refractivity contribution is 0.531. The van der Waals surface area contributed by atoms with Crippen LogP contribution in [0.5, 0.6) is 0 Å². The van der Waals surface area contributed by atoms with Gasteiger partial charge in [0.2, 0.25) is 0 Å². The fourth-order valence-electron chi connectivity index (χ4n) is 2.36. The lowest BCUT2D eigenvalue weighted by Crippen LogP contribution is -2.21. The molecule has 20 heavy (non-hydrogen) atoms. The first-order valence-corrected chi connectivity index (χ1v) is 7.63. The molecule has 0 spiro atoms. The fraction of sp³-hybridized carbons (Fsp3) is 0.750. The number of nitrogens with zero attached hydrogens (tertiary/aromatic N) is 2. The van der Waals surface area contributed by atoms with E-state index in [4.69, 9.17) is 4.98 Å². The topological polar surface area (TPSA) is 49.8 Å². The van der Waals surface area contributed by atoms with E-state index >= 15 is 0 Å². The summed E-state index contributed by atoms with van der Waals surface area (Å²) in [6.07, 6.45) is 2.78. The zero-order valence-corrected chi connectivity index (χ0v) is 13.7. The minimum absolute atomic E-state index is 0.0438. The van der Waals surface area contributed by atoms with Crippen molar-refractivity contribution in [3.8, 4) is 0 Å². The first-order chi connectivity index (χ1) is 9.32. The summed E-state index contributed by atoms with van der Waals surface area (Å²) in [5, 5.41) is 6.71. The maximum Gasteiger partial charge on any atom is 0.138 e. The monoisotopic (exact) mass is 276 g/mol. The van der Waals surface area contributed by atoms with Crippen LogP contribution in [-0.4, -0.2) is 23.6 Å². The Morgan fingerprint density at radius 3 is 2.30 bits per heavy atom. The minimum atomic E-state index is -0.0438. The van der Waals surface area contributed by atoms with Crippen molar-refractivity contribution < 1.29 is 0 Å². The summed E-state index contributed by atoms with van der Waals surface area (Å²) in [6, 6.07) is 0. The second-order valence-electron chi connectivity index (χ2n) is 7.07. The summed E-state index contributed by atoms with van der Waals surface area (Å²) < 4.78 is 0. The molecule has 0 aromatic carbocycles. The maximum atomic E-state index is 4.74. The van der Waals surface area contributed by atoms with Crippen LogP contribution < -0.4 is 10.6 Å². The van der Waals surface area contributed by atoms with Crippen molar-refractivity contribution in [2.75, 3.05) is 24.2 Å². The van der Waals surface area contributed by atoms with E-state index in [9.17, 15) is 0 Å². The Balaban J connectivity index is 2.20. The van der Waals surface area contributed by atoms with Gasteiger partial charge in [0, 0.05) is 24.6 Å². The van der Waals surface area contributed by atoms with Crippen molar-refractivity contribution in [1.82, 2.24) is 9.97 Å². The highest BCUT2D eigenvalue weighted by Crippen LogP contribution is 2.36. The molecule has 0 saturated heterocycles. The van der Waals surface area contributed by atoms with Crippen molar-refractivity contribution in [3.05, 3.63) is 11.4 Å². The van der Waals surface area contributed by atoms with Crippen molar-refractivity contribution in [1.29, 1.82) is 0 Å². The largest absolute Gasteiger partial charge is 0.373 e. The number of aromatic nitrogens is 2. The van der Waals surface area contributed by atoms with Gasteiger partial charge in [0.05, 0.1) is 0 Å². The minimum Gasteiger partial charge on any atom is -0.373 e. The van der Waals surface area contributed by atoms with Crippen LogP contribution in [0.3, 0.4) is 0 Å². The van der Waals surface area contributed by atoms with Gasteiger partial charge in [-0.25, -0.2) is 9.97 Å². The SMILES string of the molecule is CNc1nc(C(C)(C)C)nc(NCC(C)C2CC2)c1C. The Hall–Kier alpha value is -1.32. The average molecular weight is 276 g/mol. The molecule has 1 fully saturated rings. The van der Waals surface area contributed by atoms with Crippen LogP contribution in [0, 0.1) is 18.8 Å². The van der Waals surface area contributed by atoms with Crippen LogP contribution in [0.4, 0.5) is 11.6 Å². The smallest absolute Gasteiger partial charge is 0.138 e. The van der Waals surface area contributed by atoms with E-state index in [1.54, 1.807) is 0 Å². The predicted octanol–water partition coefficient (Wildman–Crippen LogP) is 3.58. The second-order valence-corrected chi connectivity index (χ2v) is 7.07. The maximum absolute atomic E-state index is 4.74. The van der Waals surface area contributed by atoms with E-state index in [-0.39, 0.29) is 5.41 Å². The molecule has 1 saturated carbocycles. The van der Waals surface area contributed by atoms with Gasteiger partial charge in [-0.05, 0) is 31.6 Å². The summed E-state index contributed by atoms with van der Waals surface area (Å²) in [6.45, 7) is 11.8. The highest BCUT2D eigenvalue weighted by Gasteiger charge is 2.28. The van der Waals surface area contributed by atoms with E-state index in [1.807, 2.05) is 7.05 Å². The molecule has 1 aromatic rings. The summed E-state index contributed by atoms with van der Waals surface area (Å²) in [4.78, 5) is 9.38. The van der Waals surface area contributed by atoms with Gasteiger partial charge < -0.3 is 10.6 Å². The van der Waals surface area contributed by atoms with Crippen LogP contribution in [0.1, 0.15) is 51.9 Å². The van der Waals surface area contributed by atoms with Gasteiger partial charge >= 0.3 is 0 Å². The predicted molar refractivity (Wildman–Crippen MR) is 85.4 cm³/mol. The number of nitrogens with one attached hydrogen (secondary N) is 2. The molecule has 1 aliphatic rings. The number of rotatable bonds is 5. The normalized spacial score (nSPS) is 16.9. The third-order valence-corrected chi connectivity index (χ3v) is 4.07. The van der Waals surface area contributed by atoms with Gasteiger partial charge in [0.25, 0.3) is 0 Å². The Morgan fingerprint density at radius 2 is 1.80 bits per heavy atom. The lowest BCUT2D eigenvalue weighted by Gasteiger charge is -2.21.